The average Bonchev–Trinajstić information content (AvgIpc) is 3.03. The third kappa shape index (κ3) is 2.91. The number of nitrogens with zero attached hydrogens (tertiary/aromatic N) is 4. The summed E-state index contributed by atoms with van der Waals surface area (Å²) in [7, 11) is 0. The zero-order chi connectivity index (χ0) is 15.6. The highest BCUT2D eigenvalue weighted by molar-refractivity contribution is 5.87. The molecule has 23 heavy (non-hydrogen) atoms. The SMILES string of the molecule is Cc1ccc(Nc2ncnc3nn(C4CCCCC4)cc23)cc1. The van der Waals surface area contributed by atoms with Gasteiger partial charge in [0, 0.05) is 11.9 Å². The Morgan fingerprint density at radius 3 is 2.61 bits per heavy atom. The number of hydrogen-bond acceptors (Lipinski definition) is 4. The highest BCUT2D eigenvalue weighted by atomic mass is 15.3. The first-order valence-electron chi connectivity index (χ1n) is 8.33. The smallest absolute Gasteiger partial charge is 0.186 e. The fourth-order valence-electron chi connectivity index (χ4n) is 3.26. The number of hydrogen-bond donors (Lipinski definition) is 1. The summed E-state index contributed by atoms with van der Waals surface area (Å²) in [5, 5.41) is 9.05. The van der Waals surface area contributed by atoms with Crippen molar-refractivity contribution < 1.29 is 0 Å². The molecule has 3 aromatic rings. The van der Waals surface area contributed by atoms with Gasteiger partial charge < -0.3 is 5.32 Å². The Kier molecular flexibility index (Phi) is 3.69. The lowest BCUT2D eigenvalue weighted by atomic mass is 9.96. The lowest BCUT2D eigenvalue weighted by molar-refractivity contribution is 0.331. The minimum absolute atomic E-state index is 0.505. The Labute approximate surface area is 135 Å². The summed E-state index contributed by atoms with van der Waals surface area (Å²) in [5.74, 6) is 0.820. The van der Waals surface area contributed by atoms with E-state index in [-0.39, 0.29) is 0 Å². The van der Waals surface area contributed by atoms with Crippen LogP contribution in [0.3, 0.4) is 0 Å². The molecule has 0 bridgehead atoms. The number of rotatable bonds is 3. The van der Waals surface area contributed by atoms with E-state index >= 15 is 0 Å². The first-order chi connectivity index (χ1) is 11.3. The molecule has 1 aliphatic rings. The van der Waals surface area contributed by atoms with Crippen LogP contribution in [0.5, 0.6) is 0 Å². The molecule has 2 heterocycles. The van der Waals surface area contributed by atoms with Gasteiger partial charge in [0.15, 0.2) is 5.65 Å². The Morgan fingerprint density at radius 2 is 1.83 bits per heavy atom. The zero-order valence-electron chi connectivity index (χ0n) is 13.4. The van der Waals surface area contributed by atoms with Gasteiger partial charge in [-0.1, -0.05) is 37.0 Å². The second kappa shape index (κ2) is 5.99. The van der Waals surface area contributed by atoms with Crippen molar-refractivity contribution in [2.24, 2.45) is 0 Å². The molecule has 5 nitrogen and oxygen atoms in total. The normalized spacial score (nSPS) is 15.9. The van der Waals surface area contributed by atoms with Crippen molar-refractivity contribution >= 4 is 22.5 Å². The number of nitrogens with one attached hydrogen (secondary N) is 1. The molecular formula is C18H21N5. The monoisotopic (exact) mass is 307 g/mol. The first-order valence-corrected chi connectivity index (χ1v) is 8.33. The second-order valence-electron chi connectivity index (χ2n) is 6.35. The first kappa shape index (κ1) is 14.2. The fourth-order valence-corrected chi connectivity index (χ4v) is 3.26. The van der Waals surface area contributed by atoms with Gasteiger partial charge in [0.25, 0.3) is 0 Å². The second-order valence-corrected chi connectivity index (χ2v) is 6.35. The molecule has 118 valence electrons. The van der Waals surface area contributed by atoms with Crippen LogP contribution in [0, 0.1) is 6.92 Å². The molecule has 0 amide bonds. The number of anilines is 2. The molecule has 0 atom stereocenters. The van der Waals surface area contributed by atoms with Crippen molar-refractivity contribution in [1.29, 1.82) is 0 Å². The quantitative estimate of drug-likeness (QED) is 0.780. The molecule has 1 N–H and O–H groups in total. The van der Waals surface area contributed by atoms with E-state index in [9.17, 15) is 0 Å². The summed E-state index contributed by atoms with van der Waals surface area (Å²) in [5.41, 5.74) is 3.04. The van der Waals surface area contributed by atoms with Crippen LogP contribution in [0.15, 0.2) is 36.8 Å². The summed E-state index contributed by atoms with van der Waals surface area (Å²) in [6, 6.07) is 8.81. The van der Waals surface area contributed by atoms with Crippen LogP contribution in [0.2, 0.25) is 0 Å². The van der Waals surface area contributed by atoms with Crippen LogP contribution < -0.4 is 5.32 Å². The number of aromatic nitrogens is 4. The lowest BCUT2D eigenvalue weighted by Gasteiger charge is -2.21. The standard InChI is InChI=1S/C18H21N5/c1-13-7-9-14(10-8-13)21-17-16-11-23(15-5-3-2-4-6-15)22-18(16)20-12-19-17/h7-12,15H,2-6H2,1H3,(H,19,20,21,22). The Hall–Kier alpha value is -2.43. The van der Waals surface area contributed by atoms with E-state index in [1.165, 1.54) is 37.7 Å². The van der Waals surface area contributed by atoms with Gasteiger partial charge in [0.1, 0.15) is 12.1 Å². The molecule has 4 rings (SSSR count). The fraction of sp³-hybridized carbons (Fsp3) is 0.389. The molecule has 5 heteroatoms. The summed E-state index contributed by atoms with van der Waals surface area (Å²) in [6.45, 7) is 2.08. The highest BCUT2D eigenvalue weighted by Crippen LogP contribution is 2.30. The van der Waals surface area contributed by atoms with E-state index in [1.807, 2.05) is 0 Å². The average molecular weight is 307 g/mol. The van der Waals surface area contributed by atoms with Gasteiger partial charge >= 0.3 is 0 Å². The lowest BCUT2D eigenvalue weighted by Crippen LogP contribution is -2.12. The molecule has 1 aliphatic carbocycles. The van der Waals surface area contributed by atoms with E-state index in [2.05, 4.69) is 62.5 Å². The molecule has 1 saturated carbocycles. The van der Waals surface area contributed by atoms with Crippen LogP contribution in [0.4, 0.5) is 11.5 Å². The van der Waals surface area contributed by atoms with E-state index < -0.39 is 0 Å². The molecule has 0 unspecified atom stereocenters. The van der Waals surface area contributed by atoms with Crippen molar-refractivity contribution in [3.63, 3.8) is 0 Å². The maximum atomic E-state index is 4.68. The predicted octanol–water partition coefficient (Wildman–Crippen LogP) is 4.38. The maximum Gasteiger partial charge on any atom is 0.186 e. The zero-order valence-corrected chi connectivity index (χ0v) is 13.4. The van der Waals surface area contributed by atoms with Crippen LogP contribution >= 0.6 is 0 Å². The summed E-state index contributed by atoms with van der Waals surface area (Å²) in [6.07, 6.45) is 10.0. The summed E-state index contributed by atoms with van der Waals surface area (Å²) < 4.78 is 2.10. The predicted molar refractivity (Wildman–Crippen MR) is 91.9 cm³/mol. The van der Waals surface area contributed by atoms with E-state index in [0.717, 1.165) is 22.5 Å². The van der Waals surface area contributed by atoms with Crippen molar-refractivity contribution in [3.8, 4) is 0 Å². The van der Waals surface area contributed by atoms with Crippen molar-refractivity contribution in [3.05, 3.63) is 42.4 Å². The molecule has 0 aliphatic heterocycles. The van der Waals surface area contributed by atoms with Crippen LogP contribution in [-0.4, -0.2) is 19.7 Å². The molecule has 0 radical (unpaired) electrons. The van der Waals surface area contributed by atoms with Crippen LogP contribution in [-0.2, 0) is 0 Å². The van der Waals surface area contributed by atoms with Gasteiger partial charge in [0.05, 0.1) is 11.4 Å². The summed E-state index contributed by atoms with van der Waals surface area (Å²) >= 11 is 0. The molecule has 2 aromatic heterocycles. The molecule has 0 saturated heterocycles. The highest BCUT2D eigenvalue weighted by Gasteiger charge is 2.18. The van der Waals surface area contributed by atoms with Gasteiger partial charge in [-0.3, -0.25) is 4.68 Å². The minimum atomic E-state index is 0.505. The Morgan fingerprint density at radius 1 is 1.04 bits per heavy atom. The minimum Gasteiger partial charge on any atom is -0.340 e. The van der Waals surface area contributed by atoms with Gasteiger partial charge in [-0.25, -0.2) is 9.97 Å². The number of fused-ring (bicyclic) bond motifs is 1. The van der Waals surface area contributed by atoms with Gasteiger partial charge in [-0.15, -0.1) is 0 Å². The number of benzene rings is 1. The molecule has 1 aromatic carbocycles. The number of aryl methyl sites for hydroxylation is 1. The molecule has 1 fully saturated rings. The third-order valence-electron chi connectivity index (χ3n) is 4.60. The van der Waals surface area contributed by atoms with Crippen molar-refractivity contribution in [2.45, 2.75) is 45.1 Å². The van der Waals surface area contributed by atoms with E-state index in [0.29, 0.717) is 6.04 Å². The maximum absolute atomic E-state index is 4.68. The van der Waals surface area contributed by atoms with Gasteiger partial charge in [-0.2, -0.15) is 5.10 Å². The third-order valence-corrected chi connectivity index (χ3v) is 4.60. The van der Waals surface area contributed by atoms with Gasteiger partial charge in [-0.05, 0) is 31.9 Å². The molecule has 0 spiro atoms. The summed E-state index contributed by atoms with van der Waals surface area (Å²) in [4.78, 5) is 8.74. The Bertz CT molecular complexity index is 800. The van der Waals surface area contributed by atoms with Crippen molar-refractivity contribution in [2.75, 3.05) is 5.32 Å². The van der Waals surface area contributed by atoms with Crippen LogP contribution in [0.25, 0.3) is 11.0 Å². The van der Waals surface area contributed by atoms with Crippen molar-refractivity contribution in [1.82, 2.24) is 19.7 Å². The molecular weight excluding hydrogens is 286 g/mol. The Balaban J connectivity index is 1.66. The van der Waals surface area contributed by atoms with E-state index in [4.69, 9.17) is 0 Å². The topological polar surface area (TPSA) is 55.6 Å². The van der Waals surface area contributed by atoms with Gasteiger partial charge in [0.2, 0.25) is 0 Å². The van der Waals surface area contributed by atoms with Crippen LogP contribution in [0.1, 0.15) is 43.7 Å². The largest absolute Gasteiger partial charge is 0.340 e. The van der Waals surface area contributed by atoms with E-state index in [1.54, 1.807) is 6.33 Å².